The lowest BCUT2D eigenvalue weighted by Gasteiger charge is -2.10. The predicted octanol–water partition coefficient (Wildman–Crippen LogP) is 4.66. The maximum atomic E-state index is 12.6. The van der Waals surface area contributed by atoms with Gasteiger partial charge in [-0.2, -0.15) is 13.2 Å². The molecule has 4 rings (SSSR count). The van der Waals surface area contributed by atoms with Gasteiger partial charge in [-0.3, -0.25) is 0 Å². The standard InChI is InChI=1S/C21H18F3N7O/c22-21(23,24)13-3-7-15(8-4-13)30-20(32)29-14-5-1-12(2-6-14)16-9-10-26-19-17(31-16)18(25)27-11-28-19/h1-8,11H,9-10H2,(H2,29,30,32)(H3,25,26,27,28). The van der Waals surface area contributed by atoms with Crippen LogP contribution in [0.15, 0.2) is 59.9 Å². The lowest BCUT2D eigenvalue weighted by atomic mass is 10.1. The Kier molecular flexibility index (Phi) is 5.63. The van der Waals surface area contributed by atoms with Crippen LogP contribution in [-0.4, -0.2) is 28.3 Å². The number of carbonyl (C=O) groups excluding carboxylic acids is 1. The Bertz CT molecular complexity index is 1160. The van der Waals surface area contributed by atoms with Gasteiger partial charge in [0.15, 0.2) is 11.6 Å². The van der Waals surface area contributed by atoms with Gasteiger partial charge in [0.05, 0.1) is 11.3 Å². The lowest BCUT2D eigenvalue weighted by Crippen LogP contribution is -2.19. The molecule has 0 aliphatic carbocycles. The highest BCUT2D eigenvalue weighted by atomic mass is 19.4. The van der Waals surface area contributed by atoms with Crippen LogP contribution in [-0.2, 0) is 6.18 Å². The molecule has 0 saturated carbocycles. The number of anilines is 4. The second-order valence-electron chi connectivity index (χ2n) is 6.92. The number of benzene rings is 2. The molecular weight excluding hydrogens is 423 g/mol. The summed E-state index contributed by atoms with van der Waals surface area (Å²) < 4.78 is 37.9. The zero-order valence-electron chi connectivity index (χ0n) is 16.6. The van der Waals surface area contributed by atoms with Crippen LogP contribution in [0.1, 0.15) is 17.5 Å². The number of nitrogens with one attached hydrogen (secondary N) is 3. The third-order valence-electron chi connectivity index (χ3n) is 4.70. The molecule has 32 heavy (non-hydrogen) atoms. The summed E-state index contributed by atoms with van der Waals surface area (Å²) in [5.74, 6) is 0.853. The van der Waals surface area contributed by atoms with Crippen molar-refractivity contribution in [2.45, 2.75) is 12.6 Å². The van der Waals surface area contributed by atoms with E-state index in [1.54, 1.807) is 24.3 Å². The normalized spacial score (nSPS) is 13.3. The molecule has 2 aromatic carbocycles. The number of alkyl halides is 3. The number of halogens is 3. The number of amides is 2. The fourth-order valence-corrected chi connectivity index (χ4v) is 3.11. The summed E-state index contributed by atoms with van der Waals surface area (Å²) in [5, 5.41) is 8.30. The number of carbonyl (C=O) groups is 1. The molecule has 0 unspecified atom stereocenters. The second kappa shape index (κ2) is 8.53. The van der Waals surface area contributed by atoms with E-state index in [-0.39, 0.29) is 11.5 Å². The van der Waals surface area contributed by atoms with Gasteiger partial charge in [0.1, 0.15) is 12.0 Å². The van der Waals surface area contributed by atoms with E-state index in [2.05, 4.69) is 30.9 Å². The number of hydrogen-bond donors (Lipinski definition) is 4. The van der Waals surface area contributed by atoms with Crippen molar-refractivity contribution in [1.82, 2.24) is 9.97 Å². The molecule has 0 radical (unpaired) electrons. The molecular formula is C21H18F3N7O. The minimum Gasteiger partial charge on any atom is -0.382 e. The van der Waals surface area contributed by atoms with Crippen molar-refractivity contribution < 1.29 is 18.0 Å². The number of aliphatic imine (C=N–C) groups is 1. The number of aromatic nitrogens is 2. The molecule has 11 heteroatoms. The van der Waals surface area contributed by atoms with E-state index in [1.807, 2.05) is 0 Å². The van der Waals surface area contributed by atoms with Crippen molar-refractivity contribution in [3.63, 3.8) is 0 Å². The third kappa shape index (κ3) is 4.77. The molecule has 0 atom stereocenters. The average Bonchev–Trinajstić information content (AvgIpc) is 2.98. The molecule has 1 aliphatic heterocycles. The summed E-state index contributed by atoms with van der Waals surface area (Å²) in [6.45, 7) is 0.623. The highest BCUT2D eigenvalue weighted by molar-refractivity contribution is 6.05. The Balaban J connectivity index is 1.43. The van der Waals surface area contributed by atoms with Crippen molar-refractivity contribution in [2.24, 2.45) is 4.99 Å². The van der Waals surface area contributed by atoms with Crippen LogP contribution >= 0.6 is 0 Å². The first-order chi connectivity index (χ1) is 15.3. The van der Waals surface area contributed by atoms with Gasteiger partial charge in [0.2, 0.25) is 0 Å². The molecule has 0 spiro atoms. The molecule has 164 valence electrons. The third-order valence-corrected chi connectivity index (χ3v) is 4.70. The van der Waals surface area contributed by atoms with E-state index >= 15 is 0 Å². The van der Waals surface area contributed by atoms with Gasteiger partial charge in [-0.05, 0) is 42.0 Å². The molecule has 0 saturated heterocycles. The van der Waals surface area contributed by atoms with Crippen LogP contribution in [0.4, 0.5) is 46.7 Å². The molecule has 1 aromatic heterocycles. The summed E-state index contributed by atoms with van der Waals surface area (Å²) >= 11 is 0. The van der Waals surface area contributed by atoms with E-state index in [0.717, 1.165) is 23.4 Å². The number of hydrogen-bond acceptors (Lipinski definition) is 6. The van der Waals surface area contributed by atoms with E-state index in [9.17, 15) is 18.0 Å². The molecule has 8 nitrogen and oxygen atoms in total. The Morgan fingerprint density at radius 3 is 2.22 bits per heavy atom. The number of rotatable bonds is 3. The Morgan fingerprint density at radius 1 is 0.969 bits per heavy atom. The molecule has 0 fully saturated rings. The Hall–Kier alpha value is -4.15. The van der Waals surface area contributed by atoms with Crippen molar-refractivity contribution in [3.8, 4) is 0 Å². The Morgan fingerprint density at radius 2 is 1.59 bits per heavy atom. The van der Waals surface area contributed by atoms with Crippen molar-refractivity contribution in [1.29, 1.82) is 0 Å². The first kappa shape index (κ1) is 21.1. The van der Waals surface area contributed by atoms with Gasteiger partial charge in [-0.15, -0.1) is 0 Å². The monoisotopic (exact) mass is 441 g/mol. The number of urea groups is 1. The molecule has 2 amide bonds. The van der Waals surface area contributed by atoms with Gasteiger partial charge in [-0.1, -0.05) is 12.1 Å². The molecule has 0 bridgehead atoms. The summed E-state index contributed by atoms with van der Waals surface area (Å²) in [4.78, 5) is 24.9. The molecule has 5 N–H and O–H groups in total. The summed E-state index contributed by atoms with van der Waals surface area (Å²) in [6, 6.07) is 10.6. The van der Waals surface area contributed by atoms with Crippen molar-refractivity contribution in [3.05, 3.63) is 66.0 Å². The average molecular weight is 441 g/mol. The quantitative estimate of drug-likeness (QED) is 0.472. The minimum atomic E-state index is -4.43. The number of nitrogens with two attached hydrogens (primary N) is 1. The summed E-state index contributed by atoms with van der Waals surface area (Å²) in [7, 11) is 0. The van der Waals surface area contributed by atoms with Gasteiger partial charge in [0.25, 0.3) is 0 Å². The van der Waals surface area contributed by atoms with Gasteiger partial charge >= 0.3 is 12.2 Å². The molecule has 2 heterocycles. The smallest absolute Gasteiger partial charge is 0.382 e. The number of fused-ring (bicyclic) bond motifs is 1. The van der Waals surface area contributed by atoms with E-state index in [1.165, 1.54) is 18.5 Å². The van der Waals surface area contributed by atoms with E-state index in [0.29, 0.717) is 30.2 Å². The fourth-order valence-electron chi connectivity index (χ4n) is 3.11. The van der Waals surface area contributed by atoms with Crippen molar-refractivity contribution >= 4 is 40.4 Å². The van der Waals surface area contributed by atoms with Crippen LogP contribution in [0.2, 0.25) is 0 Å². The van der Waals surface area contributed by atoms with Crippen LogP contribution in [0.25, 0.3) is 0 Å². The largest absolute Gasteiger partial charge is 0.416 e. The van der Waals surface area contributed by atoms with Crippen LogP contribution in [0.3, 0.4) is 0 Å². The SMILES string of the molecule is Nc1ncnc2c1N=C(c1ccc(NC(=O)Nc3ccc(C(F)(F)F)cc3)cc1)CCN2. The topological polar surface area (TPSA) is 117 Å². The maximum absolute atomic E-state index is 12.6. The zero-order valence-corrected chi connectivity index (χ0v) is 16.6. The molecule has 3 aromatic rings. The highest BCUT2D eigenvalue weighted by Crippen LogP contribution is 2.31. The van der Waals surface area contributed by atoms with Gasteiger partial charge < -0.3 is 21.7 Å². The summed E-state index contributed by atoms with van der Waals surface area (Å²) in [5.41, 5.74) is 8.00. The van der Waals surface area contributed by atoms with Crippen LogP contribution in [0.5, 0.6) is 0 Å². The van der Waals surface area contributed by atoms with Gasteiger partial charge in [-0.25, -0.2) is 19.8 Å². The zero-order chi connectivity index (χ0) is 22.7. The second-order valence-corrected chi connectivity index (χ2v) is 6.92. The van der Waals surface area contributed by atoms with E-state index in [4.69, 9.17) is 5.73 Å². The number of nitrogens with zero attached hydrogens (tertiary/aromatic N) is 3. The van der Waals surface area contributed by atoms with Crippen LogP contribution in [0, 0.1) is 0 Å². The minimum absolute atomic E-state index is 0.242. The highest BCUT2D eigenvalue weighted by Gasteiger charge is 2.30. The lowest BCUT2D eigenvalue weighted by molar-refractivity contribution is -0.137. The van der Waals surface area contributed by atoms with Gasteiger partial charge in [0, 0.05) is 24.3 Å². The Labute approximate surface area is 180 Å². The number of nitrogen functional groups attached to an aromatic ring is 1. The first-order valence-corrected chi connectivity index (χ1v) is 9.57. The summed E-state index contributed by atoms with van der Waals surface area (Å²) in [6.07, 6.45) is -2.42. The molecule has 1 aliphatic rings. The first-order valence-electron chi connectivity index (χ1n) is 9.57. The van der Waals surface area contributed by atoms with E-state index < -0.39 is 17.8 Å². The maximum Gasteiger partial charge on any atom is 0.416 e. The van der Waals surface area contributed by atoms with Crippen LogP contribution < -0.4 is 21.7 Å². The fraction of sp³-hybridized carbons (Fsp3) is 0.143. The predicted molar refractivity (Wildman–Crippen MR) is 116 cm³/mol. The van der Waals surface area contributed by atoms with Crippen molar-refractivity contribution in [2.75, 3.05) is 28.2 Å².